The van der Waals surface area contributed by atoms with Crippen LogP contribution in [0.4, 0.5) is 0 Å². The van der Waals surface area contributed by atoms with E-state index in [9.17, 15) is 9.59 Å². The number of rotatable bonds is 4. The average molecular weight is 288 g/mol. The van der Waals surface area contributed by atoms with Crippen LogP contribution in [0, 0.1) is 6.92 Å². The predicted octanol–water partition coefficient (Wildman–Crippen LogP) is 2.52. The molecule has 1 aromatic carbocycles. The summed E-state index contributed by atoms with van der Waals surface area (Å²) in [5, 5.41) is 2.83. The fraction of sp³-hybridized carbons (Fsp3) is 0.529. The second-order valence-corrected chi connectivity index (χ2v) is 5.67. The van der Waals surface area contributed by atoms with Crippen LogP contribution in [0.2, 0.25) is 0 Å². The second kappa shape index (κ2) is 7.81. The van der Waals surface area contributed by atoms with Gasteiger partial charge in [0.15, 0.2) is 0 Å². The number of hydrogen-bond donors (Lipinski definition) is 1. The number of aryl methyl sites for hydroxylation is 1. The fourth-order valence-electron chi connectivity index (χ4n) is 2.65. The molecule has 1 aliphatic heterocycles. The Hall–Kier alpha value is -1.84. The van der Waals surface area contributed by atoms with Gasteiger partial charge < -0.3 is 10.2 Å². The summed E-state index contributed by atoms with van der Waals surface area (Å²) in [5.74, 6) is 0.0452. The molecule has 1 aliphatic rings. The van der Waals surface area contributed by atoms with Gasteiger partial charge in [0.25, 0.3) is 5.91 Å². The van der Waals surface area contributed by atoms with Gasteiger partial charge in [-0.1, -0.05) is 30.5 Å². The van der Waals surface area contributed by atoms with Crippen molar-refractivity contribution in [3.63, 3.8) is 0 Å². The molecule has 0 unspecified atom stereocenters. The molecule has 1 saturated heterocycles. The van der Waals surface area contributed by atoms with Crippen molar-refractivity contribution in [3.8, 4) is 0 Å². The summed E-state index contributed by atoms with van der Waals surface area (Å²) >= 11 is 0. The van der Waals surface area contributed by atoms with Crippen LogP contribution in [0.3, 0.4) is 0 Å². The first-order chi connectivity index (χ1) is 10.2. The van der Waals surface area contributed by atoms with Gasteiger partial charge in [0.2, 0.25) is 5.91 Å². The van der Waals surface area contributed by atoms with Gasteiger partial charge >= 0.3 is 0 Å². The zero-order valence-electron chi connectivity index (χ0n) is 12.7. The van der Waals surface area contributed by atoms with Gasteiger partial charge in [0, 0.05) is 31.6 Å². The topological polar surface area (TPSA) is 49.4 Å². The smallest absolute Gasteiger partial charge is 0.251 e. The number of carbonyl (C=O) groups is 2. The first-order valence-electron chi connectivity index (χ1n) is 7.79. The van der Waals surface area contributed by atoms with Gasteiger partial charge in [-0.05, 0) is 31.9 Å². The van der Waals surface area contributed by atoms with E-state index in [1.165, 1.54) is 12.8 Å². The minimum atomic E-state index is -0.109. The van der Waals surface area contributed by atoms with Crippen molar-refractivity contribution in [3.05, 3.63) is 35.4 Å². The molecule has 0 spiro atoms. The van der Waals surface area contributed by atoms with Crippen LogP contribution in [0.1, 0.15) is 48.0 Å². The molecule has 0 bridgehead atoms. The molecule has 4 heteroatoms. The molecular weight excluding hydrogens is 264 g/mol. The van der Waals surface area contributed by atoms with Crippen LogP contribution in [-0.2, 0) is 4.79 Å². The van der Waals surface area contributed by atoms with Crippen LogP contribution < -0.4 is 5.32 Å². The zero-order chi connectivity index (χ0) is 15.1. The molecule has 1 heterocycles. The molecular formula is C17H24N2O2. The van der Waals surface area contributed by atoms with E-state index >= 15 is 0 Å². The van der Waals surface area contributed by atoms with Gasteiger partial charge in [-0.2, -0.15) is 0 Å². The van der Waals surface area contributed by atoms with Crippen molar-refractivity contribution in [2.45, 2.75) is 39.0 Å². The minimum Gasteiger partial charge on any atom is -0.352 e. The minimum absolute atomic E-state index is 0.109. The highest BCUT2D eigenvalue weighted by Crippen LogP contribution is 2.10. The summed E-state index contributed by atoms with van der Waals surface area (Å²) in [7, 11) is 0. The largest absolute Gasteiger partial charge is 0.352 e. The normalized spacial score (nSPS) is 15.4. The van der Waals surface area contributed by atoms with Crippen LogP contribution in [0.15, 0.2) is 24.3 Å². The maximum atomic E-state index is 12.1. The maximum absolute atomic E-state index is 12.1. The molecule has 0 atom stereocenters. The van der Waals surface area contributed by atoms with E-state index in [4.69, 9.17) is 0 Å². The summed E-state index contributed by atoms with van der Waals surface area (Å²) in [4.78, 5) is 26.0. The molecule has 0 aliphatic carbocycles. The molecule has 0 aromatic heterocycles. The summed E-state index contributed by atoms with van der Waals surface area (Å²) in [6, 6.07) is 7.47. The first kappa shape index (κ1) is 15.5. The molecule has 4 nitrogen and oxygen atoms in total. The Bertz CT molecular complexity index is 491. The SMILES string of the molecule is Cc1cccc(C(=O)NCCC(=O)N2CCCCCC2)c1. The fourth-order valence-corrected chi connectivity index (χ4v) is 2.65. The quantitative estimate of drug-likeness (QED) is 0.925. The van der Waals surface area contributed by atoms with Crippen molar-refractivity contribution in [1.82, 2.24) is 10.2 Å². The van der Waals surface area contributed by atoms with E-state index in [1.54, 1.807) is 6.07 Å². The molecule has 0 saturated carbocycles. The van der Waals surface area contributed by atoms with E-state index < -0.39 is 0 Å². The zero-order valence-corrected chi connectivity index (χ0v) is 12.7. The number of likely N-dealkylation sites (tertiary alicyclic amines) is 1. The Morgan fingerprint density at radius 1 is 1.14 bits per heavy atom. The number of nitrogens with zero attached hydrogens (tertiary/aromatic N) is 1. The van der Waals surface area contributed by atoms with Crippen molar-refractivity contribution >= 4 is 11.8 Å². The van der Waals surface area contributed by atoms with Crippen molar-refractivity contribution in [2.75, 3.05) is 19.6 Å². The van der Waals surface area contributed by atoms with Crippen LogP contribution in [-0.4, -0.2) is 36.3 Å². The molecule has 2 amide bonds. The molecule has 2 rings (SSSR count). The summed E-state index contributed by atoms with van der Waals surface area (Å²) < 4.78 is 0. The Labute approximate surface area is 126 Å². The van der Waals surface area contributed by atoms with Crippen LogP contribution in [0.25, 0.3) is 0 Å². The standard InChI is InChI=1S/C17H24N2O2/c1-14-7-6-8-15(13-14)17(21)18-10-9-16(20)19-11-4-2-3-5-12-19/h6-8,13H,2-5,9-12H2,1H3,(H,18,21). The van der Waals surface area contributed by atoms with Crippen molar-refractivity contribution < 1.29 is 9.59 Å². The Kier molecular flexibility index (Phi) is 5.78. The lowest BCUT2D eigenvalue weighted by atomic mass is 10.1. The third-order valence-electron chi connectivity index (χ3n) is 3.86. The molecule has 1 N–H and O–H groups in total. The first-order valence-corrected chi connectivity index (χ1v) is 7.79. The van der Waals surface area contributed by atoms with Gasteiger partial charge in [0.05, 0.1) is 0 Å². The summed E-state index contributed by atoms with van der Waals surface area (Å²) in [5.41, 5.74) is 1.71. The second-order valence-electron chi connectivity index (χ2n) is 5.67. The number of hydrogen-bond acceptors (Lipinski definition) is 2. The Balaban J connectivity index is 1.75. The maximum Gasteiger partial charge on any atom is 0.251 e. The van der Waals surface area contributed by atoms with E-state index in [1.807, 2.05) is 30.0 Å². The summed E-state index contributed by atoms with van der Waals surface area (Å²) in [6.45, 7) is 4.09. The lowest BCUT2D eigenvalue weighted by Gasteiger charge is -2.20. The highest BCUT2D eigenvalue weighted by atomic mass is 16.2. The Morgan fingerprint density at radius 2 is 1.86 bits per heavy atom. The highest BCUT2D eigenvalue weighted by Gasteiger charge is 2.15. The van der Waals surface area contributed by atoms with Crippen molar-refractivity contribution in [1.29, 1.82) is 0 Å². The molecule has 1 aromatic rings. The summed E-state index contributed by atoms with van der Waals surface area (Å²) in [6.07, 6.45) is 5.02. The number of amides is 2. The van der Waals surface area contributed by atoms with Crippen LogP contribution >= 0.6 is 0 Å². The third kappa shape index (κ3) is 4.88. The number of nitrogens with one attached hydrogen (secondary N) is 1. The lowest BCUT2D eigenvalue weighted by Crippen LogP contribution is -2.35. The average Bonchev–Trinajstić information content (AvgIpc) is 2.76. The predicted molar refractivity (Wildman–Crippen MR) is 83.2 cm³/mol. The highest BCUT2D eigenvalue weighted by molar-refractivity contribution is 5.94. The number of benzene rings is 1. The third-order valence-corrected chi connectivity index (χ3v) is 3.86. The van der Waals surface area contributed by atoms with Gasteiger partial charge in [-0.3, -0.25) is 9.59 Å². The Morgan fingerprint density at radius 3 is 2.52 bits per heavy atom. The van der Waals surface area contributed by atoms with Crippen molar-refractivity contribution in [2.24, 2.45) is 0 Å². The van der Waals surface area contributed by atoms with Gasteiger partial charge in [0.1, 0.15) is 0 Å². The van der Waals surface area contributed by atoms with Gasteiger partial charge in [-0.25, -0.2) is 0 Å². The van der Waals surface area contributed by atoms with Crippen LogP contribution in [0.5, 0.6) is 0 Å². The van der Waals surface area contributed by atoms with E-state index in [2.05, 4.69) is 5.32 Å². The van der Waals surface area contributed by atoms with E-state index in [0.717, 1.165) is 31.5 Å². The molecule has 21 heavy (non-hydrogen) atoms. The van der Waals surface area contributed by atoms with E-state index in [0.29, 0.717) is 18.5 Å². The molecule has 114 valence electrons. The lowest BCUT2D eigenvalue weighted by molar-refractivity contribution is -0.131. The molecule has 0 radical (unpaired) electrons. The molecule has 1 fully saturated rings. The van der Waals surface area contributed by atoms with E-state index in [-0.39, 0.29) is 11.8 Å². The monoisotopic (exact) mass is 288 g/mol. The number of carbonyl (C=O) groups excluding carboxylic acids is 2. The van der Waals surface area contributed by atoms with Gasteiger partial charge in [-0.15, -0.1) is 0 Å².